The molecule has 0 aromatic heterocycles. The van der Waals surface area contributed by atoms with E-state index in [9.17, 15) is 19.8 Å². The molecule has 0 heterocycles. The number of nitrogens with one attached hydrogen (secondary N) is 1. The second-order valence-electron chi connectivity index (χ2n) is 18.2. The molecule has 6 heteroatoms. The zero-order chi connectivity index (χ0) is 48.8. The summed E-state index contributed by atoms with van der Waals surface area (Å²) in [7, 11) is 0. The fourth-order valence-corrected chi connectivity index (χ4v) is 7.74. The van der Waals surface area contributed by atoms with Gasteiger partial charge in [-0.05, 0) is 83.5 Å². The molecule has 0 spiro atoms. The van der Waals surface area contributed by atoms with Crippen molar-refractivity contribution in [2.75, 3.05) is 6.61 Å². The lowest BCUT2D eigenvalue weighted by molar-refractivity contribution is -0.150. The van der Waals surface area contributed by atoms with Crippen molar-refractivity contribution >= 4 is 11.9 Å². The molecule has 67 heavy (non-hydrogen) atoms. The molecule has 0 saturated carbocycles. The Morgan fingerprint density at radius 1 is 0.463 bits per heavy atom. The van der Waals surface area contributed by atoms with Crippen molar-refractivity contribution in [1.82, 2.24) is 5.32 Å². The second-order valence-corrected chi connectivity index (χ2v) is 18.2. The third-order valence-electron chi connectivity index (χ3n) is 11.8. The maximum Gasteiger partial charge on any atom is 0.306 e. The van der Waals surface area contributed by atoms with Gasteiger partial charge in [0.25, 0.3) is 0 Å². The van der Waals surface area contributed by atoms with Crippen LogP contribution in [0.1, 0.15) is 239 Å². The van der Waals surface area contributed by atoms with Crippen LogP contribution in [0.4, 0.5) is 0 Å². The van der Waals surface area contributed by atoms with Crippen LogP contribution in [0.5, 0.6) is 0 Å². The van der Waals surface area contributed by atoms with Gasteiger partial charge in [0.05, 0.1) is 25.2 Å². The summed E-state index contributed by atoms with van der Waals surface area (Å²) >= 11 is 0. The minimum absolute atomic E-state index is 0.0196. The van der Waals surface area contributed by atoms with Crippen molar-refractivity contribution in [1.29, 1.82) is 0 Å². The minimum atomic E-state index is -0.825. The van der Waals surface area contributed by atoms with E-state index >= 15 is 0 Å². The lowest BCUT2D eigenvalue weighted by Gasteiger charge is -2.24. The molecule has 6 nitrogen and oxygen atoms in total. The van der Waals surface area contributed by atoms with Gasteiger partial charge in [0.1, 0.15) is 6.10 Å². The fraction of sp³-hybridized carbons (Fsp3) is 0.672. The zero-order valence-corrected chi connectivity index (χ0v) is 43.5. The first-order valence-corrected chi connectivity index (χ1v) is 27.6. The topological polar surface area (TPSA) is 95.9 Å². The molecule has 0 bridgehead atoms. The van der Waals surface area contributed by atoms with E-state index in [0.29, 0.717) is 19.3 Å². The van der Waals surface area contributed by atoms with E-state index in [1.165, 1.54) is 89.9 Å². The average Bonchev–Trinajstić information content (AvgIpc) is 3.32. The summed E-state index contributed by atoms with van der Waals surface area (Å²) in [6, 6.07) is -0.746. The van der Waals surface area contributed by atoms with Crippen LogP contribution in [0.25, 0.3) is 0 Å². The molecular formula is C61H103NO5. The summed E-state index contributed by atoms with van der Waals surface area (Å²) in [5.74, 6) is -0.623. The maximum atomic E-state index is 13.2. The number of ether oxygens (including phenoxy) is 1. The standard InChI is InChI=1S/C61H103NO5/c1-4-7-10-13-16-19-22-25-28-30-32-35-38-41-44-47-50-53-59(64)58(56-63)62-60(65)55-57(52-49-46-43-40-37-34-31-27-24-21-18-15-12-9-6-3)67-61(66)54-51-48-45-42-39-36-33-29-26-23-20-17-14-11-8-5-2/h8-9,11-12,17-18,20-21,26-27,29,31,36-37,39-40,46,49,57-59,63-64H,4-7,10,13-16,19,22-25,28,30,32-35,38,41-45,47-48,50-56H2,1-3H3,(H,62,65)/b11-8+,12-9-,20-17+,21-18-,29-26+,31-27-,39-36+,40-37-,49-46-. The number of allylic oxidation sites excluding steroid dienone is 17. The highest BCUT2D eigenvalue weighted by Crippen LogP contribution is 2.16. The van der Waals surface area contributed by atoms with E-state index in [1.54, 1.807) is 0 Å². The molecule has 0 rings (SSSR count). The summed E-state index contributed by atoms with van der Waals surface area (Å²) in [6.07, 6.45) is 73.1. The monoisotopic (exact) mass is 930 g/mol. The van der Waals surface area contributed by atoms with E-state index in [0.717, 1.165) is 103 Å². The molecule has 0 aliphatic heterocycles. The Morgan fingerprint density at radius 3 is 1.25 bits per heavy atom. The Morgan fingerprint density at radius 2 is 0.836 bits per heavy atom. The molecule has 3 N–H and O–H groups in total. The van der Waals surface area contributed by atoms with Crippen LogP contribution in [0.3, 0.4) is 0 Å². The molecular weight excluding hydrogens is 827 g/mol. The summed E-state index contributed by atoms with van der Waals surface area (Å²) < 4.78 is 5.86. The smallest absolute Gasteiger partial charge is 0.306 e. The van der Waals surface area contributed by atoms with Crippen molar-refractivity contribution in [2.24, 2.45) is 0 Å². The lowest BCUT2D eigenvalue weighted by Crippen LogP contribution is -2.46. The largest absolute Gasteiger partial charge is 0.461 e. The number of amides is 1. The van der Waals surface area contributed by atoms with Gasteiger partial charge in [0, 0.05) is 12.8 Å². The normalized spacial score (nSPS) is 14.0. The van der Waals surface area contributed by atoms with Crippen LogP contribution < -0.4 is 5.32 Å². The van der Waals surface area contributed by atoms with Gasteiger partial charge in [-0.25, -0.2) is 0 Å². The number of esters is 1. The van der Waals surface area contributed by atoms with Crippen molar-refractivity contribution < 1.29 is 24.5 Å². The van der Waals surface area contributed by atoms with Gasteiger partial charge >= 0.3 is 5.97 Å². The Hall–Kier alpha value is -3.48. The highest BCUT2D eigenvalue weighted by molar-refractivity contribution is 5.77. The lowest BCUT2D eigenvalue weighted by atomic mass is 10.0. The summed E-state index contributed by atoms with van der Waals surface area (Å²) in [6.45, 7) is 6.23. The number of carbonyl (C=O) groups is 2. The maximum absolute atomic E-state index is 13.2. The molecule has 0 aromatic rings. The van der Waals surface area contributed by atoms with Crippen LogP contribution in [-0.2, 0) is 14.3 Å². The van der Waals surface area contributed by atoms with E-state index in [4.69, 9.17) is 4.74 Å². The molecule has 382 valence electrons. The molecule has 3 atom stereocenters. The molecule has 0 radical (unpaired) electrons. The Bertz CT molecular complexity index is 1370. The van der Waals surface area contributed by atoms with Gasteiger partial charge < -0.3 is 20.3 Å². The summed E-state index contributed by atoms with van der Waals surface area (Å²) in [4.78, 5) is 26.2. The Balaban J connectivity index is 4.72. The first-order valence-electron chi connectivity index (χ1n) is 27.6. The average molecular weight is 930 g/mol. The predicted octanol–water partition coefficient (Wildman–Crippen LogP) is 17.1. The van der Waals surface area contributed by atoms with Gasteiger partial charge in [-0.2, -0.15) is 0 Å². The van der Waals surface area contributed by atoms with Gasteiger partial charge in [0.15, 0.2) is 0 Å². The first-order chi connectivity index (χ1) is 33.0. The quantitative estimate of drug-likeness (QED) is 0.0321. The molecule has 0 fully saturated rings. The van der Waals surface area contributed by atoms with Crippen molar-refractivity contribution in [3.8, 4) is 0 Å². The van der Waals surface area contributed by atoms with Crippen LogP contribution in [0, 0.1) is 0 Å². The van der Waals surface area contributed by atoms with E-state index in [-0.39, 0.29) is 24.9 Å². The molecule has 0 saturated heterocycles. The molecule has 0 aliphatic carbocycles. The van der Waals surface area contributed by atoms with Gasteiger partial charge in [0.2, 0.25) is 5.91 Å². The van der Waals surface area contributed by atoms with Gasteiger partial charge in [-0.3, -0.25) is 9.59 Å². The minimum Gasteiger partial charge on any atom is -0.461 e. The number of aliphatic hydroxyl groups excluding tert-OH is 2. The highest BCUT2D eigenvalue weighted by atomic mass is 16.5. The molecule has 0 aliphatic rings. The number of hydrogen-bond donors (Lipinski definition) is 3. The number of aliphatic hydroxyl groups is 2. The van der Waals surface area contributed by atoms with Gasteiger partial charge in [-0.15, -0.1) is 0 Å². The van der Waals surface area contributed by atoms with Crippen molar-refractivity contribution in [2.45, 2.75) is 257 Å². The summed E-state index contributed by atoms with van der Waals surface area (Å²) in [5.41, 5.74) is 0. The van der Waals surface area contributed by atoms with E-state index < -0.39 is 18.2 Å². The molecule has 3 unspecified atom stereocenters. The second kappa shape index (κ2) is 53.5. The van der Waals surface area contributed by atoms with Crippen LogP contribution >= 0.6 is 0 Å². The van der Waals surface area contributed by atoms with E-state index in [2.05, 4.69) is 123 Å². The number of rotatable bonds is 48. The fourth-order valence-electron chi connectivity index (χ4n) is 7.74. The number of unbranched alkanes of at least 4 members (excludes halogenated alkanes) is 19. The zero-order valence-electron chi connectivity index (χ0n) is 43.5. The third kappa shape index (κ3) is 48.8. The third-order valence-corrected chi connectivity index (χ3v) is 11.8. The number of hydrogen-bond acceptors (Lipinski definition) is 5. The predicted molar refractivity (Wildman–Crippen MR) is 291 cm³/mol. The van der Waals surface area contributed by atoms with Gasteiger partial charge in [-0.1, -0.05) is 246 Å². The highest BCUT2D eigenvalue weighted by Gasteiger charge is 2.23. The Labute approximate surface area is 413 Å². The van der Waals surface area contributed by atoms with Crippen LogP contribution in [-0.4, -0.2) is 46.9 Å². The Kier molecular flexibility index (Phi) is 50.7. The van der Waals surface area contributed by atoms with Crippen LogP contribution in [0.2, 0.25) is 0 Å². The summed E-state index contributed by atoms with van der Waals surface area (Å²) in [5, 5.41) is 23.8. The molecule has 0 aromatic carbocycles. The first kappa shape index (κ1) is 63.5. The van der Waals surface area contributed by atoms with Crippen LogP contribution in [0.15, 0.2) is 109 Å². The van der Waals surface area contributed by atoms with Crippen molar-refractivity contribution in [3.63, 3.8) is 0 Å². The molecule has 1 amide bonds. The SMILES string of the molecule is CC/C=C\C/C=C\C/C=C\C/C=C\C/C=C\CC(CC(=O)NC(CO)C(O)CCCCCCCCCCCCCCCCCCC)OC(=O)CCCCC/C=C/C/C=C/C/C=C/C/C=C/CC. The van der Waals surface area contributed by atoms with Crippen molar-refractivity contribution in [3.05, 3.63) is 109 Å². The number of carbonyl (C=O) groups excluding carboxylic acids is 2. The van der Waals surface area contributed by atoms with E-state index in [1.807, 2.05) is 12.2 Å².